The highest BCUT2D eigenvalue weighted by molar-refractivity contribution is 6.45. The summed E-state index contributed by atoms with van der Waals surface area (Å²) in [6.07, 6.45) is 0. The molecule has 0 fully saturated rings. The van der Waals surface area contributed by atoms with Gasteiger partial charge in [0.1, 0.15) is 0 Å². The van der Waals surface area contributed by atoms with Crippen molar-refractivity contribution >= 4 is 40.8 Å². The molecule has 130 valence electrons. The molecule has 2 rings (SSSR count). The molecule has 1 N–H and O–H groups in total. The number of nitrogens with one attached hydrogen (secondary N) is 1. The second-order valence-electron chi connectivity index (χ2n) is 5.03. The molecule has 2 aromatic rings. The van der Waals surface area contributed by atoms with Crippen LogP contribution in [-0.2, 0) is 14.3 Å². The topological polar surface area (TPSA) is 75.7 Å². The molecule has 2 aromatic carbocycles. The Morgan fingerprint density at radius 2 is 1.80 bits per heavy atom. The number of hydrogen-bond acceptors (Lipinski definition) is 4. The van der Waals surface area contributed by atoms with Crippen molar-refractivity contribution in [3.8, 4) is 0 Å². The lowest BCUT2D eigenvalue weighted by atomic mass is 10.2. The van der Waals surface area contributed by atoms with Crippen LogP contribution in [0.25, 0.3) is 0 Å². The fourth-order valence-electron chi connectivity index (χ4n) is 2.22. The second kappa shape index (κ2) is 8.30. The van der Waals surface area contributed by atoms with Gasteiger partial charge in [-0.3, -0.25) is 9.59 Å². The molecular formula is C18H17ClN2O4. The number of carbonyl (C=O) groups is 3. The van der Waals surface area contributed by atoms with Crippen molar-refractivity contribution in [1.82, 2.24) is 0 Å². The molecule has 0 saturated heterocycles. The summed E-state index contributed by atoms with van der Waals surface area (Å²) in [4.78, 5) is 37.7. The Labute approximate surface area is 150 Å². The predicted octanol–water partition coefficient (Wildman–Crippen LogP) is 3.12. The first kappa shape index (κ1) is 18.5. The van der Waals surface area contributed by atoms with Crippen molar-refractivity contribution in [3.05, 3.63) is 59.1 Å². The maximum atomic E-state index is 12.4. The molecule has 0 unspecified atom stereocenters. The highest BCUT2D eigenvalue weighted by atomic mass is 35.5. The Morgan fingerprint density at radius 1 is 1.12 bits per heavy atom. The van der Waals surface area contributed by atoms with Crippen LogP contribution in [0.3, 0.4) is 0 Å². The number of anilines is 2. The van der Waals surface area contributed by atoms with Crippen molar-refractivity contribution in [2.24, 2.45) is 0 Å². The van der Waals surface area contributed by atoms with Crippen molar-refractivity contribution < 1.29 is 19.1 Å². The third-order valence-corrected chi connectivity index (χ3v) is 3.79. The van der Waals surface area contributed by atoms with Crippen molar-refractivity contribution in [2.45, 2.75) is 6.92 Å². The fourth-order valence-corrected chi connectivity index (χ4v) is 2.38. The Morgan fingerprint density at radius 3 is 2.40 bits per heavy atom. The minimum atomic E-state index is -0.852. The van der Waals surface area contributed by atoms with E-state index in [0.29, 0.717) is 12.2 Å². The van der Waals surface area contributed by atoms with E-state index in [1.807, 2.05) is 6.07 Å². The highest BCUT2D eigenvalue weighted by Gasteiger charge is 2.23. The standard InChI is InChI=1S/C18H17ClN2O4/c1-3-21(13-7-5-4-6-8-13)17(23)16(22)20-15-11-12(18(24)25-2)9-10-14(15)19/h4-11H,3H2,1-2H3,(H,20,22). The Kier molecular flexibility index (Phi) is 6.14. The minimum absolute atomic E-state index is 0.159. The molecule has 0 aliphatic heterocycles. The molecule has 0 spiro atoms. The summed E-state index contributed by atoms with van der Waals surface area (Å²) in [5, 5.41) is 2.65. The quantitative estimate of drug-likeness (QED) is 0.671. The molecule has 0 atom stereocenters. The number of hydrogen-bond donors (Lipinski definition) is 1. The summed E-state index contributed by atoms with van der Waals surface area (Å²) < 4.78 is 4.63. The van der Waals surface area contributed by atoms with Gasteiger partial charge in [0.15, 0.2) is 0 Å². The smallest absolute Gasteiger partial charge is 0.337 e. The van der Waals surface area contributed by atoms with Gasteiger partial charge in [0, 0.05) is 12.2 Å². The average molecular weight is 361 g/mol. The van der Waals surface area contributed by atoms with Gasteiger partial charge in [0.25, 0.3) is 0 Å². The molecule has 0 aliphatic rings. The van der Waals surface area contributed by atoms with Crippen LogP contribution in [0.1, 0.15) is 17.3 Å². The van der Waals surface area contributed by atoms with Crippen LogP contribution in [0.5, 0.6) is 0 Å². The number of halogens is 1. The number of nitrogens with zero attached hydrogens (tertiary/aromatic N) is 1. The molecule has 25 heavy (non-hydrogen) atoms. The zero-order valence-electron chi connectivity index (χ0n) is 13.8. The Balaban J connectivity index is 2.21. The van der Waals surface area contributed by atoms with E-state index in [2.05, 4.69) is 10.1 Å². The monoisotopic (exact) mass is 360 g/mol. The van der Waals surface area contributed by atoms with Crippen LogP contribution < -0.4 is 10.2 Å². The third-order valence-electron chi connectivity index (χ3n) is 3.46. The van der Waals surface area contributed by atoms with E-state index in [9.17, 15) is 14.4 Å². The summed E-state index contributed by atoms with van der Waals surface area (Å²) in [5.41, 5.74) is 0.983. The zero-order chi connectivity index (χ0) is 18.4. The van der Waals surface area contributed by atoms with E-state index in [4.69, 9.17) is 11.6 Å². The van der Waals surface area contributed by atoms with E-state index in [1.165, 1.54) is 30.2 Å². The van der Waals surface area contributed by atoms with Crippen LogP contribution in [-0.4, -0.2) is 31.4 Å². The number of esters is 1. The Hall–Kier alpha value is -2.86. The van der Waals surface area contributed by atoms with Gasteiger partial charge in [-0.1, -0.05) is 29.8 Å². The first-order valence-corrected chi connectivity index (χ1v) is 7.91. The van der Waals surface area contributed by atoms with Gasteiger partial charge in [-0.2, -0.15) is 0 Å². The second-order valence-corrected chi connectivity index (χ2v) is 5.43. The highest BCUT2D eigenvalue weighted by Crippen LogP contribution is 2.24. The van der Waals surface area contributed by atoms with Gasteiger partial charge >= 0.3 is 17.8 Å². The number of rotatable bonds is 4. The largest absolute Gasteiger partial charge is 0.465 e. The third kappa shape index (κ3) is 4.36. The van der Waals surface area contributed by atoms with Crippen molar-refractivity contribution in [3.63, 3.8) is 0 Å². The maximum Gasteiger partial charge on any atom is 0.337 e. The van der Waals surface area contributed by atoms with Gasteiger partial charge < -0.3 is 15.0 Å². The fraction of sp³-hybridized carbons (Fsp3) is 0.167. The lowest BCUT2D eigenvalue weighted by Crippen LogP contribution is -2.39. The number of ether oxygens (including phenoxy) is 1. The molecule has 0 aromatic heterocycles. The maximum absolute atomic E-state index is 12.4. The lowest BCUT2D eigenvalue weighted by molar-refractivity contribution is -0.134. The van der Waals surface area contributed by atoms with E-state index in [1.54, 1.807) is 31.2 Å². The molecule has 0 bridgehead atoms. The number of methoxy groups -OCH3 is 1. The summed E-state index contributed by atoms with van der Waals surface area (Å²) in [7, 11) is 1.25. The van der Waals surface area contributed by atoms with Crippen LogP contribution in [0, 0.1) is 0 Å². The summed E-state index contributed by atoms with van der Waals surface area (Å²) in [6.45, 7) is 2.09. The van der Waals surface area contributed by atoms with Crippen LogP contribution >= 0.6 is 11.6 Å². The Bertz CT molecular complexity index is 793. The van der Waals surface area contributed by atoms with E-state index >= 15 is 0 Å². The summed E-state index contributed by atoms with van der Waals surface area (Å²) in [6, 6.07) is 13.1. The van der Waals surface area contributed by atoms with Crippen LogP contribution in [0.2, 0.25) is 5.02 Å². The SMILES string of the molecule is CCN(C(=O)C(=O)Nc1cc(C(=O)OC)ccc1Cl)c1ccccc1. The summed E-state index contributed by atoms with van der Waals surface area (Å²) >= 11 is 6.03. The van der Waals surface area contributed by atoms with Crippen LogP contribution in [0.15, 0.2) is 48.5 Å². The molecule has 0 radical (unpaired) electrons. The van der Waals surface area contributed by atoms with Gasteiger partial charge in [0.2, 0.25) is 0 Å². The normalized spacial score (nSPS) is 10.0. The zero-order valence-corrected chi connectivity index (χ0v) is 14.5. The molecule has 6 nitrogen and oxygen atoms in total. The first-order valence-electron chi connectivity index (χ1n) is 7.53. The average Bonchev–Trinajstić information content (AvgIpc) is 2.64. The van der Waals surface area contributed by atoms with Gasteiger partial charge in [-0.15, -0.1) is 0 Å². The predicted molar refractivity (Wildman–Crippen MR) is 95.9 cm³/mol. The molecular weight excluding hydrogens is 344 g/mol. The summed E-state index contributed by atoms with van der Waals surface area (Å²) in [5.74, 6) is -2.15. The first-order chi connectivity index (χ1) is 12.0. The van der Waals surface area contributed by atoms with Crippen molar-refractivity contribution in [2.75, 3.05) is 23.9 Å². The molecule has 0 saturated carbocycles. The van der Waals surface area contributed by atoms with E-state index in [0.717, 1.165) is 0 Å². The molecule has 2 amide bonds. The van der Waals surface area contributed by atoms with E-state index in [-0.39, 0.29) is 16.3 Å². The lowest BCUT2D eigenvalue weighted by Gasteiger charge is -2.20. The number of likely N-dealkylation sites (N-methyl/N-ethyl adjacent to an activating group) is 1. The molecule has 7 heteroatoms. The van der Waals surface area contributed by atoms with E-state index < -0.39 is 17.8 Å². The van der Waals surface area contributed by atoms with Crippen molar-refractivity contribution in [1.29, 1.82) is 0 Å². The van der Waals surface area contributed by atoms with Crippen LogP contribution in [0.4, 0.5) is 11.4 Å². The van der Waals surface area contributed by atoms with Gasteiger partial charge in [-0.25, -0.2) is 4.79 Å². The number of carbonyl (C=O) groups excluding carboxylic acids is 3. The minimum Gasteiger partial charge on any atom is -0.465 e. The number of amides is 2. The number of benzene rings is 2. The van der Waals surface area contributed by atoms with Gasteiger partial charge in [0.05, 0.1) is 23.4 Å². The molecule has 0 heterocycles. The van der Waals surface area contributed by atoms with Gasteiger partial charge in [-0.05, 0) is 37.3 Å². The number of para-hydroxylation sites is 1. The molecule has 0 aliphatic carbocycles.